The van der Waals surface area contributed by atoms with E-state index in [-0.39, 0.29) is 24.0 Å². The quantitative estimate of drug-likeness (QED) is 0.494. The van der Waals surface area contributed by atoms with Gasteiger partial charge in [-0.3, -0.25) is 20.4 Å². The van der Waals surface area contributed by atoms with Crippen molar-refractivity contribution in [3.8, 4) is 0 Å². The molecule has 0 aliphatic rings. The molecule has 1 heterocycles. The second kappa shape index (κ2) is 7.70. The summed E-state index contributed by atoms with van der Waals surface area (Å²) in [5, 5.41) is 1.01. The van der Waals surface area contributed by atoms with Gasteiger partial charge >= 0.3 is 0 Å². The van der Waals surface area contributed by atoms with Crippen LogP contribution in [0.3, 0.4) is 0 Å². The first-order valence-electron chi connectivity index (χ1n) is 7.53. The van der Waals surface area contributed by atoms with Crippen LogP contribution in [0.15, 0.2) is 65.7 Å². The maximum absolute atomic E-state index is 12.0. The number of hydrogen-bond acceptors (Lipinski definition) is 3. The molecule has 2 aromatic carbocycles. The maximum atomic E-state index is 12.0. The standard InChI is InChI=1S/C18H17N3O2S/c22-17(10-13-11-19-16-9-5-4-8-15(13)16)20-21-18(23)12-24-14-6-2-1-3-7-14/h1-9,11,19H,10,12H2,(H,20,22)(H,21,23). The van der Waals surface area contributed by atoms with Gasteiger partial charge in [0, 0.05) is 22.0 Å². The molecule has 0 aliphatic heterocycles. The molecule has 0 aliphatic carbocycles. The molecular weight excluding hydrogens is 322 g/mol. The number of aromatic amines is 1. The van der Waals surface area contributed by atoms with E-state index in [0.717, 1.165) is 21.4 Å². The molecule has 0 saturated carbocycles. The van der Waals surface area contributed by atoms with Gasteiger partial charge in [0.1, 0.15) is 0 Å². The Labute approximate surface area is 143 Å². The van der Waals surface area contributed by atoms with Crippen molar-refractivity contribution in [3.63, 3.8) is 0 Å². The summed E-state index contributed by atoms with van der Waals surface area (Å²) in [5.74, 6) is -0.244. The summed E-state index contributed by atoms with van der Waals surface area (Å²) >= 11 is 1.42. The smallest absolute Gasteiger partial charge is 0.248 e. The highest BCUT2D eigenvalue weighted by Crippen LogP contribution is 2.18. The van der Waals surface area contributed by atoms with Crippen LogP contribution in [0.5, 0.6) is 0 Å². The average Bonchev–Trinajstić information content (AvgIpc) is 3.02. The summed E-state index contributed by atoms with van der Waals surface area (Å²) in [6.07, 6.45) is 2.02. The number of hydrazine groups is 1. The van der Waals surface area contributed by atoms with Crippen LogP contribution in [0.2, 0.25) is 0 Å². The zero-order chi connectivity index (χ0) is 16.8. The molecule has 24 heavy (non-hydrogen) atoms. The van der Waals surface area contributed by atoms with E-state index in [1.807, 2.05) is 60.8 Å². The van der Waals surface area contributed by atoms with Crippen LogP contribution in [-0.2, 0) is 16.0 Å². The number of thioether (sulfide) groups is 1. The molecular formula is C18H17N3O2S. The molecule has 0 fully saturated rings. The molecule has 0 atom stereocenters. The van der Waals surface area contributed by atoms with Gasteiger partial charge in [-0.1, -0.05) is 36.4 Å². The molecule has 0 unspecified atom stereocenters. The van der Waals surface area contributed by atoms with Crippen LogP contribution in [0.25, 0.3) is 10.9 Å². The zero-order valence-corrected chi connectivity index (χ0v) is 13.7. The fourth-order valence-electron chi connectivity index (χ4n) is 2.34. The first-order chi connectivity index (χ1) is 11.7. The number of rotatable bonds is 5. The highest BCUT2D eigenvalue weighted by atomic mass is 32.2. The van der Waals surface area contributed by atoms with Gasteiger partial charge in [0.15, 0.2) is 0 Å². The first kappa shape index (κ1) is 16.1. The molecule has 5 nitrogen and oxygen atoms in total. The molecule has 122 valence electrons. The average molecular weight is 339 g/mol. The summed E-state index contributed by atoms with van der Waals surface area (Å²) in [6, 6.07) is 17.4. The van der Waals surface area contributed by atoms with Crippen LogP contribution < -0.4 is 10.9 Å². The maximum Gasteiger partial charge on any atom is 0.248 e. The Morgan fingerprint density at radius 1 is 0.917 bits per heavy atom. The Kier molecular flexibility index (Phi) is 5.18. The Morgan fingerprint density at radius 3 is 2.46 bits per heavy atom. The van der Waals surface area contributed by atoms with Gasteiger partial charge in [-0.25, -0.2) is 0 Å². The second-order valence-electron chi connectivity index (χ2n) is 5.23. The Balaban J connectivity index is 1.46. The number of nitrogens with one attached hydrogen (secondary N) is 3. The van der Waals surface area contributed by atoms with Gasteiger partial charge in [0.2, 0.25) is 11.8 Å². The molecule has 0 radical (unpaired) electrons. The molecule has 0 spiro atoms. The summed E-state index contributed by atoms with van der Waals surface area (Å²) in [7, 11) is 0. The minimum Gasteiger partial charge on any atom is -0.361 e. The Hall–Kier alpha value is -2.73. The third-order valence-electron chi connectivity index (χ3n) is 3.48. The number of aromatic nitrogens is 1. The van der Waals surface area contributed by atoms with E-state index in [1.165, 1.54) is 11.8 Å². The van der Waals surface area contributed by atoms with E-state index in [2.05, 4.69) is 15.8 Å². The van der Waals surface area contributed by atoms with Crippen molar-refractivity contribution in [1.29, 1.82) is 0 Å². The number of benzene rings is 2. The second-order valence-corrected chi connectivity index (χ2v) is 6.28. The van der Waals surface area contributed by atoms with E-state index >= 15 is 0 Å². The third kappa shape index (κ3) is 4.17. The lowest BCUT2D eigenvalue weighted by molar-refractivity contribution is -0.127. The lowest BCUT2D eigenvalue weighted by Gasteiger charge is -2.07. The third-order valence-corrected chi connectivity index (χ3v) is 4.49. The monoisotopic (exact) mass is 339 g/mol. The van der Waals surface area contributed by atoms with Crippen molar-refractivity contribution in [2.45, 2.75) is 11.3 Å². The van der Waals surface area contributed by atoms with Gasteiger partial charge in [-0.2, -0.15) is 0 Å². The Bertz CT molecular complexity index is 846. The van der Waals surface area contributed by atoms with E-state index in [0.29, 0.717) is 0 Å². The zero-order valence-electron chi connectivity index (χ0n) is 12.9. The van der Waals surface area contributed by atoms with Crippen molar-refractivity contribution < 1.29 is 9.59 Å². The first-order valence-corrected chi connectivity index (χ1v) is 8.51. The highest BCUT2D eigenvalue weighted by Gasteiger charge is 2.09. The number of H-pyrrole nitrogens is 1. The number of fused-ring (bicyclic) bond motifs is 1. The minimum atomic E-state index is -0.252. The highest BCUT2D eigenvalue weighted by molar-refractivity contribution is 8.00. The van der Waals surface area contributed by atoms with Gasteiger partial charge in [-0.15, -0.1) is 11.8 Å². The van der Waals surface area contributed by atoms with E-state index in [4.69, 9.17) is 0 Å². The van der Waals surface area contributed by atoms with Crippen LogP contribution in [-0.4, -0.2) is 22.6 Å². The van der Waals surface area contributed by atoms with Crippen LogP contribution in [0.4, 0.5) is 0 Å². The molecule has 3 N–H and O–H groups in total. The lowest BCUT2D eigenvalue weighted by atomic mass is 10.1. The molecule has 3 aromatic rings. The largest absolute Gasteiger partial charge is 0.361 e. The number of hydrogen-bond donors (Lipinski definition) is 3. The summed E-state index contributed by atoms with van der Waals surface area (Å²) in [5.41, 5.74) is 6.79. The molecule has 0 bridgehead atoms. The number of carbonyl (C=O) groups excluding carboxylic acids is 2. The number of carbonyl (C=O) groups is 2. The van der Waals surface area contributed by atoms with Crippen LogP contribution >= 0.6 is 11.8 Å². The SMILES string of the molecule is O=C(CSc1ccccc1)NNC(=O)Cc1c[nH]c2ccccc12. The van der Waals surface area contributed by atoms with Gasteiger partial charge in [0.25, 0.3) is 0 Å². The molecule has 0 saturated heterocycles. The van der Waals surface area contributed by atoms with Crippen molar-refractivity contribution in [2.75, 3.05) is 5.75 Å². The lowest BCUT2D eigenvalue weighted by Crippen LogP contribution is -2.43. The topological polar surface area (TPSA) is 74.0 Å². The van der Waals surface area contributed by atoms with Crippen molar-refractivity contribution in [1.82, 2.24) is 15.8 Å². The van der Waals surface area contributed by atoms with E-state index in [9.17, 15) is 9.59 Å². The fraction of sp³-hybridized carbons (Fsp3) is 0.111. The molecule has 6 heteroatoms. The Morgan fingerprint density at radius 2 is 1.62 bits per heavy atom. The van der Waals surface area contributed by atoms with E-state index in [1.54, 1.807) is 0 Å². The van der Waals surface area contributed by atoms with Crippen LogP contribution in [0.1, 0.15) is 5.56 Å². The van der Waals surface area contributed by atoms with Crippen molar-refractivity contribution in [3.05, 3.63) is 66.4 Å². The van der Waals surface area contributed by atoms with Crippen molar-refractivity contribution in [2.24, 2.45) is 0 Å². The summed E-state index contributed by atoms with van der Waals surface area (Å²) < 4.78 is 0. The molecule has 1 aromatic heterocycles. The number of para-hydroxylation sites is 1. The van der Waals surface area contributed by atoms with Gasteiger partial charge in [0.05, 0.1) is 12.2 Å². The normalized spacial score (nSPS) is 10.5. The van der Waals surface area contributed by atoms with Gasteiger partial charge in [-0.05, 0) is 23.8 Å². The van der Waals surface area contributed by atoms with Crippen LogP contribution in [0, 0.1) is 0 Å². The number of amides is 2. The predicted molar refractivity (Wildman–Crippen MR) is 95.5 cm³/mol. The van der Waals surface area contributed by atoms with E-state index < -0.39 is 0 Å². The molecule has 2 amide bonds. The summed E-state index contributed by atoms with van der Waals surface area (Å²) in [4.78, 5) is 27.9. The fourth-order valence-corrected chi connectivity index (χ4v) is 3.06. The predicted octanol–water partition coefficient (Wildman–Crippen LogP) is 2.65. The summed E-state index contributed by atoms with van der Waals surface area (Å²) in [6.45, 7) is 0. The minimum absolute atomic E-state index is 0.204. The van der Waals surface area contributed by atoms with Crippen molar-refractivity contribution >= 4 is 34.5 Å². The molecule has 3 rings (SSSR count). The van der Waals surface area contributed by atoms with Gasteiger partial charge < -0.3 is 4.98 Å².